The molecular weight excluding hydrogens is 415 g/mol. The zero-order chi connectivity index (χ0) is 14.6. The molecule has 0 aromatic carbocycles. The molecule has 1 fully saturated rings. The van der Waals surface area contributed by atoms with Crippen LogP contribution in [-0.2, 0) is 6.42 Å². The first kappa shape index (κ1) is 19.0. The predicted octanol–water partition coefficient (Wildman–Crippen LogP) is 3.01. The molecule has 120 valence electrons. The Morgan fingerprint density at radius 1 is 1.52 bits per heavy atom. The van der Waals surface area contributed by atoms with Gasteiger partial charge in [0.25, 0.3) is 0 Å². The molecule has 21 heavy (non-hydrogen) atoms. The molecule has 2 rings (SSSR count). The van der Waals surface area contributed by atoms with Gasteiger partial charge in [0.2, 0.25) is 0 Å². The number of halogens is 1. The molecule has 0 bridgehead atoms. The lowest BCUT2D eigenvalue weighted by Gasteiger charge is -2.39. The lowest BCUT2D eigenvalue weighted by atomic mass is 10.2. The Balaban J connectivity index is 0.00000220. The molecule has 2 heterocycles. The highest BCUT2D eigenvalue weighted by molar-refractivity contribution is 14.0. The van der Waals surface area contributed by atoms with Crippen molar-refractivity contribution in [2.75, 3.05) is 32.4 Å². The van der Waals surface area contributed by atoms with Crippen molar-refractivity contribution in [3.63, 3.8) is 0 Å². The second-order valence-electron chi connectivity index (χ2n) is 5.62. The average Bonchev–Trinajstić information content (AvgIpc) is 2.79. The van der Waals surface area contributed by atoms with Crippen LogP contribution >= 0.6 is 47.1 Å². The van der Waals surface area contributed by atoms with E-state index in [0.29, 0.717) is 4.75 Å². The van der Waals surface area contributed by atoms with E-state index in [2.05, 4.69) is 41.0 Å². The molecule has 4 nitrogen and oxygen atoms in total. The molecule has 1 N–H and O–H groups in total. The quantitative estimate of drug-likeness (QED) is 0.446. The fraction of sp³-hybridized carbons (Fsp3) is 0.714. The Morgan fingerprint density at radius 2 is 2.29 bits per heavy atom. The summed E-state index contributed by atoms with van der Waals surface area (Å²) < 4.78 is 0.308. The Bertz CT molecular complexity index is 473. The van der Waals surface area contributed by atoms with E-state index in [1.807, 2.05) is 25.0 Å². The number of aromatic nitrogens is 1. The van der Waals surface area contributed by atoms with Crippen LogP contribution in [0.25, 0.3) is 0 Å². The zero-order valence-electron chi connectivity index (χ0n) is 13.2. The maximum atomic E-state index is 4.42. The molecule has 1 aromatic heterocycles. The van der Waals surface area contributed by atoms with Gasteiger partial charge in [-0.3, -0.25) is 4.99 Å². The predicted molar refractivity (Wildman–Crippen MR) is 105 cm³/mol. The molecule has 0 amide bonds. The summed E-state index contributed by atoms with van der Waals surface area (Å²) in [5, 5.41) is 4.66. The summed E-state index contributed by atoms with van der Waals surface area (Å²) >= 11 is 3.82. The van der Waals surface area contributed by atoms with Gasteiger partial charge < -0.3 is 10.2 Å². The second kappa shape index (κ2) is 8.57. The summed E-state index contributed by atoms with van der Waals surface area (Å²) in [4.78, 5) is 12.5. The zero-order valence-corrected chi connectivity index (χ0v) is 17.1. The third kappa shape index (κ3) is 5.94. The number of aryl methyl sites for hydroxylation is 1. The van der Waals surface area contributed by atoms with Crippen molar-refractivity contribution < 1.29 is 0 Å². The highest BCUT2D eigenvalue weighted by Crippen LogP contribution is 2.29. The van der Waals surface area contributed by atoms with Gasteiger partial charge in [-0.1, -0.05) is 0 Å². The topological polar surface area (TPSA) is 40.5 Å². The van der Waals surface area contributed by atoms with Crippen molar-refractivity contribution in [3.05, 3.63) is 16.1 Å². The third-order valence-electron chi connectivity index (χ3n) is 3.23. The lowest BCUT2D eigenvalue weighted by Crippen LogP contribution is -2.51. The highest BCUT2D eigenvalue weighted by atomic mass is 127. The Hall–Kier alpha value is -0.0200. The molecule has 0 atom stereocenters. The molecule has 0 spiro atoms. The fourth-order valence-corrected chi connectivity index (χ4v) is 4.23. The minimum Gasteiger partial charge on any atom is -0.356 e. The molecular formula is C14H25IN4S2. The summed E-state index contributed by atoms with van der Waals surface area (Å²) in [5.74, 6) is 2.19. The van der Waals surface area contributed by atoms with E-state index in [9.17, 15) is 0 Å². The first-order valence-electron chi connectivity index (χ1n) is 7.01. The second-order valence-corrected chi connectivity index (χ2v) is 8.74. The standard InChI is InChI=1S/C14H24N4S2.HI/c1-11-9-17-12(20-11)5-6-16-13(15-4)18-7-8-19-14(2,3)10-18;/h9H,5-8,10H2,1-4H3,(H,15,16);1H. The SMILES string of the molecule is CN=C(NCCc1ncc(C)s1)N1CCSC(C)(C)C1.I. The van der Waals surface area contributed by atoms with Gasteiger partial charge in [-0.15, -0.1) is 35.3 Å². The van der Waals surface area contributed by atoms with E-state index in [0.717, 1.165) is 32.0 Å². The van der Waals surface area contributed by atoms with Gasteiger partial charge in [0.1, 0.15) is 0 Å². The van der Waals surface area contributed by atoms with E-state index >= 15 is 0 Å². The Morgan fingerprint density at radius 3 is 2.86 bits per heavy atom. The number of thiazole rings is 1. The Labute approximate surface area is 153 Å². The van der Waals surface area contributed by atoms with Gasteiger partial charge in [0.05, 0.1) is 5.01 Å². The van der Waals surface area contributed by atoms with Crippen molar-refractivity contribution in [1.29, 1.82) is 0 Å². The van der Waals surface area contributed by atoms with Crippen LogP contribution < -0.4 is 5.32 Å². The maximum absolute atomic E-state index is 4.42. The third-order valence-corrected chi connectivity index (χ3v) is 5.50. The molecule has 1 aromatic rings. The average molecular weight is 440 g/mol. The number of aliphatic imine (C=N–C) groups is 1. The molecule has 0 saturated carbocycles. The van der Waals surface area contributed by atoms with Crippen molar-refractivity contribution in [2.45, 2.75) is 31.9 Å². The van der Waals surface area contributed by atoms with E-state index < -0.39 is 0 Å². The molecule has 0 aliphatic carbocycles. The largest absolute Gasteiger partial charge is 0.356 e. The number of nitrogens with one attached hydrogen (secondary N) is 1. The van der Waals surface area contributed by atoms with E-state index in [1.165, 1.54) is 15.6 Å². The van der Waals surface area contributed by atoms with Crippen molar-refractivity contribution in [1.82, 2.24) is 15.2 Å². The number of rotatable bonds is 3. The van der Waals surface area contributed by atoms with Gasteiger partial charge >= 0.3 is 0 Å². The first-order valence-corrected chi connectivity index (χ1v) is 8.81. The minimum atomic E-state index is 0. The summed E-state index contributed by atoms with van der Waals surface area (Å²) in [5.41, 5.74) is 0. The van der Waals surface area contributed by atoms with Crippen LogP contribution in [0.3, 0.4) is 0 Å². The van der Waals surface area contributed by atoms with Crippen LogP contribution in [0, 0.1) is 6.92 Å². The van der Waals surface area contributed by atoms with E-state index in [4.69, 9.17) is 0 Å². The molecule has 1 aliphatic rings. The van der Waals surface area contributed by atoms with Crippen molar-refractivity contribution in [3.8, 4) is 0 Å². The molecule has 1 aliphatic heterocycles. The smallest absolute Gasteiger partial charge is 0.193 e. The molecule has 1 saturated heterocycles. The van der Waals surface area contributed by atoms with Crippen molar-refractivity contribution >= 4 is 53.0 Å². The molecule has 0 unspecified atom stereocenters. The lowest BCUT2D eigenvalue weighted by molar-refractivity contribution is 0.376. The fourth-order valence-electron chi connectivity index (χ4n) is 2.33. The number of guanidine groups is 1. The molecule has 7 heteroatoms. The van der Waals surface area contributed by atoms with Gasteiger partial charge in [0, 0.05) is 54.7 Å². The number of hydrogen-bond donors (Lipinski definition) is 1. The first-order chi connectivity index (χ1) is 9.50. The summed E-state index contributed by atoms with van der Waals surface area (Å²) in [6, 6.07) is 0. The van der Waals surface area contributed by atoms with Crippen LogP contribution in [0.1, 0.15) is 23.7 Å². The number of thioether (sulfide) groups is 1. The van der Waals surface area contributed by atoms with E-state index in [1.54, 1.807) is 11.3 Å². The summed E-state index contributed by atoms with van der Waals surface area (Å²) in [6.07, 6.45) is 2.91. The van der Waals surface area contributed by atoms with Gasteiger partial charge in [-0.05, 0) is 20.8 Å². The van der Waals surface area contributed by atoms with Crippen molar-refractivity contribution in [2.24, 2.45) is 4.99 Å². The minimum absolute atomic E-state index is 0. The van der Waals surface area contributed by atoms with Gasteiger partial charge in [-0.25, -0.2) is 4.98 Å². The van der Waals surface area contributed by atoms with Crippen LogP contribution in [0.15, 0.2) is 11.2 Å². The summed E-state index contributed by atoms with van der Waals surface area (Å²) in [7, 11) is 1.87. The monoisotopic (exact) mass is 440 g/mol. The highest BCUT2D eigenvalue weighted by Gasteiger charge is 2.28. The van der Waals surface area contributed by atoms with Crippen LogP contribution in [0.4, 0.5) is 0 Å². The summed E-state index contributed by atoms with van der Waals surface area (Å²) in [6.45, 7) is 9.72. The van der Waals surface area contributed by atoms with Crippen LogP contribution in [0.5, 0.6) is 0 Å². The maximum Gasteiger partial charge on any atom is 0.193 e. The number of hydrogen-bond acceptors (Lipinski definition) is 4. The normalized spacial score (nSPS) is 18.3. The van der Waals surface area contributed by atoms with Crippen LogP contribution in [0.2, 0.25) is 0 Å². The Kier molecular flexibility index (Phi) is 7.77. The van der Waals surface area contributed by atoms with Gasteiger partial charge in [0.15, 0.2) is 5.96 Å². The van der Waals surface area contributed by atoms with E-state index in [-0.39, 0.29) is 24.0 Å². The molecule has 0 radical (unpaired) electrons. The number of nitrogens with zero attached hydrogens (tertiary/aromatic N) is 3. The van der Waals surface area contributed by atoms with Gasteiger partial charge in [-0.2, -0.15) is 11.8 Å². The van der Waals surface area contributed by atoms with Crippen LogP contribution in [-0.4, -0.2) is 53.0 Å².